The zero-order valence-corrected chi connectivity index (χ0v) is 21.2. The van der Waals surface area contributed by atoms with Crippen LogP contribution in [0.5, 0.6) is 0 Å². The quantitative estimate of drug-likeness (QED) is 0.246. The van der Waals surface area contributed by atoms with Gasteiger partial charge in [0.1, 0.15) is 0 Å². The van der Waals surface area contributed by atoms with Crippen molar-refractivity contribution in [3.63, 3.8) is 0 Å². The lowest BCUT2D eigenvalue weighted by molar-refractivity contribution is 1.28. The number of hydrogen-bond donors (Lipinski definition) is 0. The Balaban J connectivity index is 1.79. The lowest BCUT2D eigenvalue weighted by Crippen LogP contribution is -2.29. The van der Waals surface area contributed by atoms with Gasteiger partial charge in [0, 0.05) is 0 Å². The predicted octanol–water partition coefficient (Wildman–Crippen LogP) is 8.78. The van der Waals surface area contributed by atoms with Gasteiger partial charge in [-0.2, -0.15) is 0 Å². The van der Waals surface area contributed by atoms with Crippen molar-refractivity contribution >= 4 is 44.5 Å². The zero-order chi connectivity index (χ0) is 24.6. The maximum atomic E-state index is 2.41. The highest BCUT2D eigenvalue weighted by molar-refractivity contribution is 6.07. The molecule has 0 aliphatic rings. The summed E-state index contributed by atoms with van der Waals surface area (Å²) in [5.74, 6) is 0. The van der Waals surface area contributed by atoms with Crippen molar-refractivity contribution in [2.24, 2.45) is 0 Å². The van der Waals surface area contributed by atoms with Crippen LogP contribution in [0.25, 0.3) is 66.7 Å². The summed E-state index contributed by atoms with van der Waals surface area (Å²) in [6.45, 7) is 6.61. The van der Waals surface area contributed by atoms with Crippen LogP contribution in [0.4, 0.5) is 0 Å². The topological polar surface area (TPSA) is 0 Å². The molecule has 174 valence electrons. The molecule has 0 bridgehead atoms. The van der Waals surface area contributed by atoms with E-state index >= 15 is 0 Å². The first-order valence-corrected chi connectivity index (χ1v) is 12.9. The molecule has 0 heteroatoms. The molecule has 0 nitrogen and oxygen atoms in total. The lowest BCUT2D eigenvalue weighted by Gasteiger charge is -2.17. The molecule has 6 aromatic carbocycles. The highest BCUT2D eigenvalue weighted by atomic mass is 14.2. The molecule has 0 atom stereocenters. The van der Waals surface area contributed by atoms with E-state index in [1.165, 1.54) is 70.6 Å². The summed E-state index contributed by atoms with van der Waals surface area (Å²) < 4.78 is 0. The van der Waals surface area contributed by atoms with Crippen LogP contribution < -0.4 is 10.4 Å². The maximum Gasteiger partial charge on any atom is -0.00294 e. The van der Waals surface area contributed by atoms with Gasteiger partial charge in [0.05, 0.1) is 0 Å². The van der Waals surface area contributed by atoms with Gasteiger partial charge in [-0.15, -0.1) is 0 Å². The molecule has 6 rings (SSSR count). The molecule has 0 aliphatic heterocycles. The van der Waals surface area contributed by atoms with Gasteiger partial charge < -0.3 is 0 Å². The monoisotopic (exact) mass is 462 g/mol. The van der Waals surface area contributed by atoms with E-state index < -0.39 is 0 Å². The van der Waals surface area contributed by atoms with Crippen LogP contribution in [0.2, 0.25) is 0 Å². The Hall–Kier alpha value is -4.16. The number of hydrogen-bond acceptors (Lipinski definition) is 0. The van der Waals surface area contributed by atoms with Crippen molar-refractivity contribution in [3.05, 3.63) is 119 Å². The SMILES string of the molecule is C/C=c1/c(-c2ccc3ccccc3c2)c2ccc(C)cc2c(-c2ccc3ccccc3c2)/c1=C/CC. The molecular formula is C36H30. The smallest absolute Gasteiger partial charge is 0.00294 e. The van der Waals surface area contributed by atoms with E-state index in [4.69, 9.17) is 0 Å². The Labute approximate surface area is 212 Å². The molecule has 0 saturated carbocycles. The van der Waals surface area contributed by atoms with Crippen molar-refractivity contribution in [2.45, 2.75) is 27.2 Å². The predicted molar refractivity (Wildman–Crippen MR) is 159 cm³/mol. The van der Waals surface area contributed by atoms with E-state index in [2.05, 4.69) is 136 Å². The van der Waals surface area contributed by atoms with Crippen LogP contribution in [-0.4, -0.2) is 0 Å². The molecule has 36 heavy (non-hydrogen) atoms. The summed E-state index contributed by atoms with van der Waals surface area (Å²) in [7, 11) is 0. The number of aryl methyl sites for hydroxylation is 1. The van der Waals surface area contributed by atoms with Crippen LogP contribution in [0.3, 0.4) is 0 Å². The summed E-state index contributed by atoms with van der Waals surface area (Å²) >= 11 is 0. The Bertz CT molecular complexity index is 1890. The van der Waals surface area contributed by atoms with Gasteiger partial charge in [-0.05, 0) is 97.4 Å². The summed E-state index contributed by atoms with van der Waals surface area (Å²) in [4.78, 5) is 0. The van der Waals surface area contributed by atoms with E-state index in [0.29, 0.717) is 0 Å². The Morgan fingerprint density at radius 2 is 1.11 bits per heavy atom. The fourth-order valence-corrected chi connectivity index (χ4v) is 5.67. The zero-order valence-electron chi connectivity index (χ0n) is 21.2. The molecule has 0 N–H and O–H groups in total. The molecule has 0 spiro atoms. The molecule has 6 aromatic rings. The van der Waals surface area contributed by atoms with Crippen molar-refractivity contribution in [2.75, 3.05) is 0 Å². The number of fused-ring (bicyclic) bond motifs is 3. The van der Waals surface area contributed by atoms with Crippen molar-refractivity contribution in [1.29, 1.82) is 0 Å². The van der Waals surface area contributed by atoms with E-state index in [-0.39, 0.29) is 0 Å². The minimum Gasteiger partial charge on any atom is -0.0791 e. The summed E-state index contributed by atoms with van der Waals surface area (Å²) in [5.41, 5.74) is 6.48. The van der Waals surface area contributed by atoms with Crippen molar-refractivity contribution < 1.29 is 0 Å². The van der Waals surface area contributed by atoms with Crippen molar-refractivity contribution in [3.8, 4) is 22.3 Å². The first-order chi connectivity index (χ1) is 17.7. The van der Waals surface area contributed by atoms with E-state index in [0.717, 1.165) is 6.42 Å². The number of benzene rings is 6. The third-order valence-electron chi connectivity index (χ3n) is 7.32. The molecule has 0 aromatic heterocycles. The second kappa shape index (κ2) is 9.13. The van der Waals surface area contributed by atoms with Gasteiger partial charge >= 0.3 is 0 Å². The average molecular weight is 463 g/mol. The van der Waals surface area contributed by atoms with E-state index in [1.807, 2.05) is 0 Å². The fourth-order valence-electron chi connectivity index (χ4n) is 5.67. The van der Waals surface area contributed by atoms with Crippen molar-refractivity contribution in [1.82, 2.24) is 0 Å². The van der Waals surface area contributed by atoms with Gasteiger partial charge in [0.15, 0.2) is 0 Å². The standard InChI is InChI=1S/C36H30/c1-4-10-32-31(5-2)35(29-18-16-25-11-6-8-13-27(25)22-29)33-20-15-24(3)21-34(33)36(32)30-19-17-26-12-7-9-14-28(26)23-30/h5-23H,4H2,1-3H3/b31-5+,32-10+. The third kappa shape index (κ3) is 3.71. The highest BCUT2D eigenvalue weighted by Gasteiger charge is 2.15. The Kier molecular flexibility index (Phi) is 5.66. The van der Waals surface area contributed by atoms with Gasteiger partial charge in [0.2, 0.25) is 0 Å². The molecule has 0 heterocycles. The molecule has 0 saturated heterocycles. The van der Waals surface area contributed by atoms with E-state index in [1.54, 1.807) is 0 Å². The molecule has 0 amide bonds. The van der Waals surface area contributed by atoms with Crippen LogP contribution >= 0.6 is 0 Å². The molecular weight excluding hydrogens is 432 g/mol. The largest absolute Gasteiger partial charge is 0.0791 e. The fraction of sp³-hybridized carbons (Fsp3) is 0.111. The third-order valence-corrected chi connectivity index (χ3v) is 7.32. The summed E-state index contributed by atoms with van der Waals surface area (Å²) in [5, 5.41) is 10.4. The molecule has 0 unspecified atom stereocenters. The summed E-state index contributed by atoms with van der Waals surface area (Å²) in [6.07, 6.45) is 5.69. The second-order valence-corrected chi connectivity index (χ2v) is 9.65. The second-order valence-electron chi connectivity index (χ2n) is 9.65. The maximum absolute atomic E-state index is 2.41. The molecule has 0 radical (unpaired) electrons. The Morgan fingerprint density at radius 3 is 1.67 bits per heavy atom. The average Bonchev–Trinajstić information content (AvgIpc) is 2.92. The van der Waals surface area contributed by atoms with Gasteiger partial charge in [-0.1, -0.05) is 116 Å². The molecule has 0 aliphatic carbocycles. The van der Waals surface area contributed by atoms with Crippen LogP contribution in [0.1, 0.15) is 25.8 Å². The van der Waals surface area contributed by atoms with Crippen LogP contribution in [0.15, 0.2) is 103 Å². The van der Waals surface area contributed by atoms with Crippen LogP contribution in [-0.2, 0) is 0 Å². The van der Waals surface area contributed by atoms with Gasteiger partial charge in [-0.3, -0.25) is 0 Å². The van der Waals surface area contributed by atoms with Crippen LogP contribution in [0, 0.1) is 6.92 Å². The normalized spacial score (nSPS) is 12.8. The van der Waals surface area contributed by atoms with Gasteiger partial charge in [0.25, 0.3) is 0 Å². The van der Waals surface area contributed by atoms with Gasteiger partial charge in [-0.25, -0.2) is 0 Å². The number of rotatable bonds is 3. The Morgan fingerprint density at radius 1 is 0.556 bits per heavy atom. The first kappa shape index (κ1) is 22.3. The first-order valence-electron chi connectivity index (χ1n) is 12.9. The minimum atomic E-state index is 0.982. The van der Waals surface area contributed by atoms with E-state index in [9.17, 15) is 0 Å². The lowest BCUT2D eigenvalue weighted by atomic mass is 9.86. The highest BCUT2D eigenvalue weighted by Crippen LogP contribution is 2.34. The summed E-state index contributed by atoms with van der Waals surface area (Å²) in [6, 6.07) is 38.0. The molecule has 0 fully saturated rings. The minimum absolute atomic E-state index is 0.982.